The summed E-state index contributed by atoms with van der Waals surface area (Å²) in [7, 11) is 0. The van der Waals surface area contributed by atoms with Gasteiger partial charge >= 0.3 is 0 Å². The Morgan fingerprint density at radius 2 is 1.71 bits per heavy atom. The molecule has 17 heavy (non-hydrogen) atoms. The van der Waals surface area contributed by atoms with Crippen LogP contribution in [0, 0.1) is 0 Å². The lowest BCUT2D eigenvalue weighted by Crippen LogP contribution is -2.31. The highest BCUT2D eigenvalue weighted by atomic mass is 16.2. The van der Waals surface area contributed by atoms with Gasteiger partial charge in [-0.25, -0.2) is 0 Å². The molecule has 0 heterocycles. The third-order valence-electron chi connectivity index (χ3n) is 2.23. The molecular formula is C13H18N2O2. The highest BCUT2D eigenvalue weighted by molar-refractivity contribution is 5.96. The number of carbonyl (C=O) groups is 2. The second-order valence-electron chi connectivity index (χ2n) is 3.79. The van der Waals surface area contributed by atoms with E-state index < -0.39 is 0 Å². The molecule has 2 amide bonds. The number of hydrogen-bond acceptors (Lipinski definition) is 2. The largest absolute Gasteiger partial charge is 0.356 e. The maximum absolute atomic E-state index is 11.4. The van der Waals surface area contributed by atoms with E-state index >= 15 is 0 Å². The smallest absolute Gasteiger partial charge is 0.229 e. The molecule has 1 aromatic rings. The van der Waals surface area contributed by atoms with Crippen LogP contribution >= 0.6 is 0 Å². The third kappa shape index (κ3) is 5.70. The summed E-state index contributed by atoms with van der Waals surface area (Å²) in [4.78, 5) is 22.7. The van der Waals surface area contributed by atoms with Crippen molar-refractivity contribution < 1.29 is 9.59 Å². The van der Waals surface area contributed by atoms with Crippen molar-refractivity contribution in [3.8, 4) is 0 Å². The van der Waals surface area contributed by atoms with E-state index in [4.69, 9.17) is 0 Å². The van der Waals surface area contributed by atoms with Gasteiger partial charge in [-0.15, -0.1) is 0 Å². The molecule has 0 atom stereocenters. The summed E-state index contributed by atoms with van der Waals surface area (Å²) in [5.74, 6) is -0.472. The van der Waals surface area contributed by atoms with Crippen molar-refractivity contribution in [3.63, 3.8) is 0 Å². The molecule has 4 heteroatoms. The quantitative estimate of drug-likeness (QED) is 0.727. The Bertz CT molecular complexity index is 363. The molecule has 1 rings (SSSR count). The van der Waals surface area contributed by atoms with Gasteiger partial charge in [0.15, 0.2) is 0 Å². The standard InChI is InChI=1S/C13H18N2O2/c1-2-8-14-12(16)9-13(17)15-10-11-6-4-3-5-7-11/h3-7H,2,8-10H2,1H3,(H,14,16)(H,15,17). The maximum Gasteiger partial charge on any atom is 0.229 e. The van der Waals surface area contributed by atoms with Gasteiger partial charge in [-0.3, -0.25) is 9.59 Å². The van der Waals surface area contributed by atoms with Gasteiger partial charge in [0.05, 0.1) is 0 Å². The van der Waals surface area contributed by atoms with Crippen LogP contribution in [0.5, 0.6) is 0 Å². The van der Waals surface area contributed by atoms with Crippen LogP contribution in [0.15, 0.2) is 30.3 Å². The number of benzene rings is 1. The fourth-order valence-electron chi connectivity index (χ4n) is 1.33. The van der Waals surface area contributed by atoms with Crippen LogP contribution in [0.1, 0.15) is 25.3 Å². The van der Waals surface area contributed by atoms with Gasteiger partial charge < -0.3 is 10.6 Å². The van der Waals surface area contributed by atoms with Crippen molar-refractivity contribution in [2.75, 3.05) is 6.54 Å². The minimum atomic E-state index is -0.248. The molecule has 0 aliphatic rings. The van der Waals surface area contributed by atoms with E-state index in [0.29, 0.717) is 13.1 Å². The van der Waals surface area contributed by atoms with E-state index in [1.165, 1.54) is 0 Å². The van der Waals surface area contributed by atoms with Crippen LogP contribution in [0.3, 0.4) is 0 Å². The van der Waals surface area contributed by atoms with Crippen LogP contribution in [0.4, 0.5) is 0 Å². The second-order valence-corrected chi connectivity index (χ2v) is 3.79. The van der Waals surface area contributed by atoms with Crippen LogP contribution in [-0.2, 0) is 16.1 Å². The molecule has 0 fully saturated rings. The molecule has 2 N–H and O–H groups in total. The van der Waals surface area contributed by atoms with Gasteiger partial charge in [0.25, 0.3) is 0 Å². The van der Waals surface area contributed by atoms with E-state index in [0.717, 1.165) is 12.0 Å². The summed E-state index contributed by atoms with van der Waals surface area (Å²) < 4.78 is 0. The van der Waals surface area contributed by atoms with Crippen LogP contribution < -0.4 is 10.6 Å². The summed E-state index contributed by atoms with van der Waals surface area (Å²) in [6.45, 7) is 3.04. The van der Waals surface area contributed by atoms with Crippen molar-refractivity contribution in [3.05, 3.63) is 35.9 Å². The average molecular weight is 234 g/mol. The van der Waals surface area contributed by atoms with Crippen molar-refractivity contribution in [2.45, 2.75) is 26.3 Å². The molecule has 0 aromatic heterocycles. The summed E-state index contributed by atoms with van der Waals surface area (Å²) in [5.41, 5.74) is 1.02. The minimum Gasteiger partial charge on any atom is -0.356 e. The van der Waals surface area contributed by atoms with E-state index in [1.807, 2.05) is 37.3 Å². The van der Waals surface area contributed by atoms with Gasteiger partial charge in [0.1, 0.15) is 6.42 Å². The molecule has 1 aromatic carbocycles. The van der Waals surface area contributed by atoms with E-state index in [-0.39, 0.29) is 18.2 Å². The number of rotatable bonds is 6. The predicted molar refractivity (Wildman–Crippen MR) is 66.2 cm³/mol. The lowest BCUT2D eigenvalue weighted by molar-refractivity contribution is -0.129. The zero-order chi connectivity index (χ0) is 12.5. The molecule has 0 bridgehead atoms. The van der Waals surface area contributed by atoms with E-state index in [2.05, 4.69) is 10.6 Å². The second kappa shape index (κ2) is 7.44. The van der Waals surface area contributed by atoms with Crippen molar-refractivity contribution in [1.29, 1.82) is 0 Å². The average Bonchev–Trinajstić information content (AvgIpc) is 2.35. The number of nitrogens with one attached hydrogen (secondary N) is 2. The van der Waals surface area contributed by atoms with Gasteiger partial charge in [0, 0.05) is 13.1 Å². The van der Waals surface area contributed by atoms with Gasteiger partial charge in [0.2, 0.25) is 11.8 Å². The molecular weight excluding hydrogens is 216 g/mol. The van der Waals surface area contributed by atoms with Crippen molar-refractivity contribution in [2.24, 2.45) is 0 Å². The summed E-state index contributed by atoms with van der Waals surface area (Å²) in [6, 6.07) is 9.60. The summed E-state index contributed by atoms with van der Waals surface area (Å²) in [6.07, 6.45) is 0.768. The fraction of sp³-hybridized carbons (Fsp3) is 0.385. The summed E-state index contributed by atoms with van der Waals surface area (Å²) >= 11 is 0. The minimum absolute atomic E-state index is 0.104. The molecule has 0 spiro atoms. The maximum atomic E-state index is 11.4. The predicted octanol–water partition coefficient (Wildman–Crippen LogP) is 1.22. The molecule has 0 aliphatic carbocycles. The fourth-order valence-corrected chi connectivity index (χ4v) is 1.33. The highest BCUT2D eigenvalue weighted by Gasteiger charge is 2.07. The summed E-state index contributed by atoms with van der Waals surface area (Å²) in [5, 5.41) is 5.37. The Morgan fingerprint density at radius 3 is 2.35 bits per heavy atom. The molecule has 92 valence electrons. The lowest BCUT2D eigenvalue weighted by atomic mass is 10.2. The first-order chi connectivity index (χ1) is 8.22. The third-order valence-corrected chi connectivity index (χ3v) is 2.23. The number of hydrogen-bond donors (Lipinski definition) is 2. The molecule has 0 unspecified atom stereocenters. The Balaban J connectivity index is 2.24. The molecule has 0 saturated carbocycles. The van der Waals surface area contributed by atoms with Crippen LogP contribution in [0.25, 0.3) is 0 Å². The highest BCUT2D eigenvalue weighted by Crippen LogP contribution is 1.97. The first kappa shape index (κ1) is 13.2. The van der Waals surface area contributed by atoms with Crippen LogP contribution in [0.2, 0.25) is 0 Å². The van der Waals surface area contributed by atoms with Gasteiger partial charge in [-0.05, 0) is 12.0 Å². The van der Waals surface area contributed by atoms with Crippen LogP contribution in [-0.4, -0.2) is 18.4 Å². The Labute approximate surface area is 101 Å². The lowest BCUT2D eigenvalue weighted by Gasteiger charge is -2.05. The Kier molecular flexibility index (Phi) is 5.79. The van der Waals surface area contributed by atoms with Gasteiger partial charge in [-0.1, -0.05) is 37.3 Å². The zero-order valence-electron chi connectivity index (χ0n) is 10.0. The zero-order valence-corrected chi connectivity index (χ0v) is 10.0. The Morgan fingerprint density at radius 1 is 1.06 bits per heavy atom. The SMILES string of the molecule is CCCNC(=O)CC(=O)NCc1ccccc1. The number of carbonyl (C=O) groups excluding carboxylic acids is 2. The molecule has 0 radical (unpaired) electrons. The molecule has 0 aliphatic heterocycles. The van der Waals surface area contributed by atoms with Gasteiger partial charge in [-0.2, -0.15) is 0 Å². The number of amides is 2. The first-order valence-electron chi connectivity index (χ1n) is 5.79. The molecule has 4 nitrogen and oxygen atoms in total. The molecule has 0 saturated heterocycles. The Hall–Kier alpha value is -1.84. The monoisotopic (exact) mass is 234 g/mol. The first-order valence-corrected chi connectivity index (χ1v) is 5.79. The topological polar surface area (TPSA) is 58.2 Å². The van der Waals surface area contributed by atoms with Crippen molar-refractivity contribution in [1.82, 2.24) is 10.6 Å². The van der Waals surface area contributed by atoms with Crippen molar-refractivity contribution >= 4 is 11.8 Å². The normalized spacial score (nSPS) is 9.71. The van der Waals surface area contributed by atoms with E-state index in [9.17, 15) is 9.59 Å². The van der Waals surface area contributed by atoms with E-state index in [1.54, 1.807) is 0 Å².